The van der Waals surface area contributed by atoms with E-state index in [-0.39, 0.29) is 19.0 Å². The summed E-state index contributed by atoms with van der Waals surface area (Å²) in [6, 6.07) is 0. The number of carboxylic acids is 1. The Kier molecular flexibility index (Phi) is 4.19. The fraction of sp³-hybridized carbons (Fsp3) is 0.714. The Morgan fingerprint density at radius 3 is 2.67 bits per heavy atom. The number of hydrogen-bond acceptors (Lipinski definition) is 6. The van der Waals surface area contributed by atoms with Gasteiger partial charge in [0.25, 0.3) is 10.2 Å². The van der Waals surface area contributed by atoms with Gasteiger partial charge in [-0.1, -0.05) is 0 Å². The molecule has 0 radical (unpaired) electrons. The summed E-state index contributed by atoms with van der Waals surface area (Å²) in [4.78, 5) is 18.2. The van der Waals surface area contributed by atoms with Gasteiger partial charge in [0, 0.05) is 59.7 Å². The van der Waals surface area contributed by atoms with E-state index in [9.17, 15) is 18.3 Å². The lowest BCUT2D eigenvalue weighted by Crippen LogP contribution is -2.44. The molecule has 3 heterocycles. The highest BCUT2D eigenvalue weighted by atomic mass is 32.2. The van der Waals surface area contributed by atoms with Crippen molar-refractivity contribution in [3.8, 4) is 0 Å². The van der Waals surface area contributed by atoms with Crippen LogP contribution in [0.4, 0.5) is 0 Å². The standard InChI is InChI=1S/C14H22N4O5S/c1-10-15-12(7-23-10)6-17-4-11-5-18(24(21,22)16(2)3)9-14(11,8-17)13(19)20/h7,11H,4-6,8-9H2,1-3H3,(H,19,20)/t11-,14-/m1/s1. The summed E-state index contributed by atoms with van der Waals surface area (Å²) in [6.45, 7) is 3.31. The Labute approximate surface area is 141 Å². The number of aromatic nitrogens is 1. The second kappa shape index (κ2) is 5.80. The van der Waals surface area contributed by atoms with Crippen molar-refractivity contribution in [2.45, 2.75) is 13.5 Å². The van der Waals surface area contributed by atoms with Crippen molar-refractivity contribution >= 4 is 16.2 Å². The largest absolute Gasteiger partial charge is 0.481 e. The highest BCUT2D eigenvalue weighted by molar-refractivity contribution is 7.86. The molecule has 3 rings (SSSR count). The van der Waals surface area contributed by atoms with Crippen LogP contribution < -0.4 is 0 Å². The predicted octanol–water partition coefficient (Wildman–Crippen LogP) is -0.392. The number of hydrogen-bond donors (Lipinski definition) is 1. The lowest BCUT2D eigenvalue weighted by Gasteiger charge is -2.26. The first-order valence-corrected chi connectivity index (χ1v) is 9.09. The lowest BCUT2D eigenvalue weighted by atomic mass is 9.81. The molecule has 0 aliphatic carbocycles. The molecule has 2 saturated heterocycles. The van der Waals surface area contributed by atoms with Crippen LogP contribution in [0.5, 0.6) is 0 Å². The van der Waals surface area contributed by atoms with E-state index in [1.807, 2.05) is 4.90 Å². The molecule has 2 aliphatic rings. The molecule has 24 heavy (non-hydrogen) atoms. The zero-order chi connectivity index (χ0) is 17.7. The van der Waals surface area contributed by atoms with Crippen LogP contribution in [0.1, 0.15) is 11.6 Å². The maximum Gasteiger partial charge on any atom is 0.312 e. The summed E-state index contributed by atoms with van der Waals surface area (Å²) in [5.41, 5.74) is -0.312. The first-order chi connectivity index (χ1) is 11.1. The van der Waals surface area contributed by atoms with Crippen LogP contribution in [0.2, 0.25) is 0 Å². The van der Waals surface area contributed by atoms with Crippen LogP contribution in [-0.4, -0.2) is 78.3 Å². The number of fused-ring (bicyclic) bond motifs is 1. The summed E-state index contributed by atoms with van der Waals surface area (Å²) in [6.07, 6.45) is 1.57. The molecule has 0 bridgehead atoms. The maximum absolute atomic E-state index is 12.3. The van der Waals surface area contributed by atoms with Crippen molar-refractivity contribution in [1.82, 2.24) is 18.5 Å². The first kappa shape index (κ1) is 17.3. The number of carboxylic acid groups (broad SMARTS) is 1. The van der Waals surface area contributed by atoms with Crippen LogP contribution in [0.3, 0.4) is 0 Å². The van der Waals surface area contributed by atoms with E-state index in [4.69, 9.17) is 4.42 Å². The molecule has 0 amide bonds. The second-order valence-electron chi connectivity index (χ2n) is 6.77. The van der Waals surface area contributed by atoms with Gasteiger partial charge in [-0.25, -0.2) is 4.98 Å². The minimum Gasteiger partial charge on any atom is -0.481 e. The van der Waals surface area contributed by atoms with Gasteiger partial charge in [-0.15, -0.1) is 0 Å². The Morgan fingerprint density at radius 2 is 2.17 bits per heavy atom. The molecule has 134 valence electrons. The van der Waals surface area contributed by atoms with Gasteiger partial charge >= 0.3 is 5.97 Å². The van der Waals surface area contributed by atoms with Crippen molar-refractivity contribution in [3.63, 3.8) is 0 Å². The summed E-state index contributed by atoms with van der Waals surface area (Å²) >= 11 is 0. The number of likely N-dealkylation sites (tertiary alicyclic amines) is 1. The molecule has 0 aromatic carbocycles. The number of rotatable bonds is 5. The quantitative estimate of drug-likeness (QED) is 0.764. The van der Waals surface area contributed by atoms with Gasteiger partial charge in [-0.3, -0.25) is 9.69 Å². The zero-order valence-corrected chi connectivity index (χ0v) is 14.8. The molecule has 0 spiro atoms. The highest BCUT2D eigenvalue weighted by Crippen LogP contribution is 2.44. The summed E-state index contributed by atoms with van der Waals surface area (Å²) in [5, 5.41) is 9.79. The first-order valence-electron chi connectivity index (χ1n) is 7.69. The molecule has 0 unspecified atom stereocenters. The van der Waals surface area contributed by atoms with Gasteiger partial charge in [0.15, 0.2) is 5.89 Å². The lowest BCUT2D eigenvalue weighted by molar-refractivity contribution is -0.148. The fourth-order valence-corrected chi connectivity index (χ4v) is 4.89. The molecule has 2 aliphatic heterocycles. The second-order valence-corrected chi connectivity index (χ2v) is 8.91. The number of nitrogens with zero attached hydrogens (tertiary/aromatic N) is 4. The Morgan fingerprint density at radius 1 is 1.46 bits per heavy atom. The van der Waals surface area contributed by atoms with Crippen LogP contribution in [0, 0.1) is 18.3 Å². The van der Waals surface area contributed by atoms with Crippen molar-refractivity contribution in [3.05, 3.63) is 17.8 Å². The van der Waals surface area contributed by atoms with E-state index in [0.29, 0.717) is 25.5 Å². The van der Waals surface area contributed by atoms with Crippen molar-refractivity contribution in [2.75, 3.05) is 40.3 Å². The third-order valence-electron chi connectivity index (χ3n) is 4.91. The molecule has 9 nitrogen and oxygen atoms in total. The van der Waals surface area contributed by atoms with Crippen molar-refractivity contribution < 1.29 is 22.7 Å². The summed E-state index contributed by atoms with van der Waals surface area (Å²) in [5.74, 6) is -0.610. The maximum atomic E-state index is 12.3. The smallest absolute Gasteiger partial charge is 0.312 e. The number of oxazole rings is 1. The van der Waals surface area contributed by atoms with Crippen LogP contribution in [-0.2, 0) is 21.5 Å². The number of aliphatic carboxylic acids is 1. The predicted molar refractivity (Wildman–Crippen MR) is 84.3 cm³/mol. The molecule has 2 fully saturated rings. The van der Waals surface area contributed by atoms with Gasteiger partial charge in [0.05, 0.1) is 11.1 Å². The summed E-state index contributed by atoms with van der Waals surface area (Å²) in [7, 11) is -0.697. The van der Waals surface area contributed by atoms with Crippen LogP contribution in [0.25, 0.3) is 0 Å². The topological polar surface area (TPSA) is 107 Å². The number of carbonyl (C=O) groups is 1. The van der Waals surface area contributed by atoms with Gasteiger partial charge in [0.2, 0.25) is 0 Å². The van der Waals surface area contributed by atoms with Gasteiger partial charge in [-0.2, -0.15) is 17.0 Å². The van der Waals surface area contributed by atoms with Gasteiger partial charge in [-0.05, 0) is 0 Å². The molecule has 10 heteroatoms. The number of aryl methyl sites for hydroxylation is 1. The average molecular weight is 358 g/mol. The van der Waals surface area contributed by atoms with Crippen molar-refractivity contribution in [1.29, 1.82) is 0 Å². The highest BCUT2D eigenvalue weighted by Gasteiger charge is 2.59. The molecule has 1 N–H and O–H groups in total. The van der Waals surface area contributed by atoms with E-state index in [2.05, 4.69) is 4.98 Å². The minimum absolute atomic E-state index is 0.00184. The molecular formula is C14H22N4O5S. The van der Waals surface area contributed by atoms with Crippen molar-refractivity contribution in [2.24, 2.45) is 11.3 Å². The molecule has 0 saturated carbocycles. The van der Waals surface area contributed by atoms with E-state index in [1.54, 1.807) is 13.2 Å². The molecule has 1 aromatic heterocycles. The summed E-state index contributed by atoms with van der Waals surface area (Å²) < 4.78 is 32.2. The van der Waals surface area contributed by atoms with Gasteiger partial charge in [0.1, 0.15) is 6.26 Å². The van der Waals surface area contributed by atoms with Gasteiger partial charge < -0.3 is 9.52 Å². The SMILES string of the molecule is Cc1nc(CN2C[C@@H]3CN(S(=O)(=O)N(C)C)C[C@]3(C(=O)O)C2)co1. The molecule has 1 aromatic rings. The minimum atomic E-state index is -3.61. The molecular weight excluding hydrogens is 336 g/mol. The van der Waals surface area contributed by atoms with E-state index >= 15 is 0 Å². The Hall–Kier alpha value is -1.49. The van der Waals surface area contributed by atoms with E-state index in [1.165, 1.54) is 18.4 Å². The zero-order valence-electron chi connectivity index (χ0n) is 14.0. The molecule has 2 atom stereocenters. The van der Waals surface area contributed by atoms with Crippen LogP contribution >= 0.6 is 0 Å². The van der Waals surface area contributed by atoms with E-state index in [0.717, 1.165) is 10.00 Å². The Bertz CT molecular complexity index is 746. The average Bonchev–Trinajstić information content (AvgIpc) is 3.11. The fourth-order valence-electron chi connectivity index (χ4n) is 3.66. The monoisotopic (exact) mass is 358 g/mol. The van der Waals surface area contributed by atoms with Crippen LogP contribution in [0.15, 0.2) is 10.7 Å². The third kappa shape index (κ3) is 2.73. The normalized spacial score (nSPS) is 28.6. The third-order valence-corrected chi connectivity index (χ3v) is 6.77. The van der Waals surface area contributed by atoms with E-state index < -0.39 is 21.6 Å². The Balaban J connectivity index is 1.78.